The number of benzene rings is 2. The van der Waals surface area contributed by atoms with Crippen molar-refractivity contribution in [3.8, 4) is 0 Å². The summed E-state index contributed by atoms with van der Waals surface area (Å²) in [7, 11) is -0.538. The van der Waals surface area contributed by atoms with Gasteiger partial charge in [-0.15, -0.1) is 0 Å². The summed E-state index contributed by atoms with van der Waals surface area (Å²) < 4.78 is 17.9. The molecule has 0 aliphatic rings. The molecule has 0 saturated carbocycles. The molecule has 0 amide bonds. The average molecular weight is 443 g/mol. The van der Waals surface area contributed by atoms with Gasteiger partial charge in [0.2, 0.25) is 0 Å². The predicted molar refractivity (Wildman–Crippen MR) is 131 cm³/mol. The van der Waals surface area contributed by atoms with E-state index < -0.39 is 13.9 Å². The molecule has 2 aromatic rings. The zero-order chi connectivity index (χ0) is 23.4. The van der Waals surface area contributed by atoms with E-state index in [4.69, 9.17) is 13.9 Å². The Bertz CT molecular complexity index is 923. The maximum absolute atomic E-state index is 13.0. The third-order valence-electron chi connectivity index (χ3n) is 6.26. The number of esters is 1. The van der Waals surface area contributed by atoms with E-state index in [1.54, 1.807) is 7.11 Å². The molecule has 0 aromatic heterocycles. The van der Waals surface area contributed by atoms with Crippen LogP contribution in [0.2, 0.25) is 18.1 Å². The Kier molecular flexibility index (Phi) is 7.77. The van der Waals surface area contributed by atoms with Crippen molar-refractivity contribution < 1.29 is 18.7 Å². The first-order valence-electron chi connectivity index (χ1n) is 10.9. The lowest BCUT2D eigenvalue weighted by Gasteiger charge is -2.44. The fourth-order valence-electron chi connectivity index (χ4n) is 3.61. The highest BCUT2D eigenvalue weighted by Crippen LogP contribution is 2.41. The molecule has 5 heteroatoms. The molecule has 4 nitrogen and oxygen atoms in total. The van der Waals surface area contributed by atoms with Gasteiger partial charge in [-0.05, 0) is 48.3 Å². The van der Waals surface area contributed by atoms with Gasteiger partial charge >= 0.3 is 5.97 Å². The van der Waals surface area contributed by atoms with Crippen LogP contribution in [0.5, 0.6) is 0 Å². The van der Waals surface area contributed by atoms with Gasteiger partial charge in [-0.25, -0.2) is 0 Å². The van der Waals surface area contributed by atoms with Crippen molar-refractivity contribution in [1.82, 2.24) is 0 Å². The predicted octanol–water partition coefficient (Wildman–Crippen LogP) is 7.16. The van der Waals surface area contributed by atoms with Crippen molar-refractivity contribution in [3.63, 3.8) is 0 Å². The SMILES string of the molecule is C=C(C[C@](C)(CC(=O)O[C@H](C)c1cccc2ccccc12)O[Si](C)(C)C(C)(C)C)OC. The zero-order valence-electron chi connectivity index (χ0n) is 20.4. The summed E-state index contributed by atoms with van der Waals surface area (Å²) in [6.07, 6.45) is 0.214. The maximum Gasteiger partial charge on any atom is 0.309 e. The summed E-state index contributed by atoms with van der Waals surface area (Å²) >= 11 is 0. The van der Waals surface area contributed by atoms with Crippen LogP contribution in [0.25, 0.3) is 10.8 Å². The van der Waals surface area contributed by atoms with Crippen LogP contribution in [-0.2, 0) is 18.7 Å². The van der Waals surface area contributed by atoms with E-state index in [1.807, 2.05) is 38.1 Å². The highest BCUT2D eigenvalue weighted by molar-refractivity contribution is 6.74. The minimum atomic E-state index is -2.13. The van der Waals surface area contributed by atoms with Gasteiger partial charge in [-0.3, -0.25) is 4.79 Å². The molecule has 31 heavy (non-hydrogen) atoms. The second-order valence-corrected chi connectivity index (χ2v) is 14.8. The van der Waals surface area contributed by atoms with E-state index in [0.717, 1.165) is 16.3 Å². The van der Waals surface area contributed by atoms with Crippen LogP contribution in [0.1, 0.15) is 59.1 Å². The van der Waals surface area contributed by atoms with Crippen LogP contribution in [0, 0.1) is 0 Å². The van der Waals surface area contributed by atoms with Crippen molar-refractivity contribution in [2.24, 2.45) is 0 Å². The van der Waals surface area contributed by atoms with E-state index >= 15 is 0 Å². The molecular formula is C26H38O4Si. The Labute approximate surface area is 188 Å². The average Bonchev–Trinajstić information content (AvgIpc) is 2.65. The summed E-state index contributed by atoms with van der Waals surface area (Å²) in [4.78, 5) is 13.0. The van der Waals surface area contributed by atoms with E-state index in [2.05, 4.69) is 58.6 Å². The molecule has 0 bridgehead atoms. The number of rotatable bonds is 9. The first kappa shape index (κ1) is 25.2. The summed E-state index contributed by atoms with van der Waals surface area (Å²) in [5, 5.41) is 2.24. The quantitative estimate of drug-likeness (QED) is 0.235. The Morgan fingerprint density at radius 2 is 1.65 bits per heavy atom. The Morgan fingerprint density at radius 3 is 2.26 bits per heavy atom. The Hall–Kier alpha value is -2.11. The van der Waals surface area contributed by atoms with Crippen LogP contribution < -0.4 is 0 Å². The lowest BCUT2D eigenvalue weighted by atomic mass is 9.97. The van der Waals surface area contributed by atoms with E-state index in [-0.39, 0.29) is 23.5 Å². The molecule has 170 valence electrons. The smallest absolute Gasteiger partial charge is 0.309 e. The fraction of sp³-hybridized carbons (Fsp3) is 0.500. The van der Waals surface area contributed by atoms with Gasteiger partial charge in [0, 0.05) is 6.42 Å². The van der Waals surface area contributed by atoms with Crippen molar-refractivity contribution in [1.29, 1.82) is 0 Å². The lowest BCUT2D eigenvalue weighted by Crippen LogP contribution is -2.49. The normalized spacial score (nSPS) is 15.2. The summed E-state index contributed by atoms with van der Waals surface area (Å²) in [5.41, 5.74) is 0.255. The summed E-state index contributed by atoms with van der Waals surface area (Å²) in [6.45, 7) is 18.8. The molecule has 0 aliphatic carbocycles. The van der Waals surface area contributed by atoms with Gasteiger partial charge in [-0.2, -0.15) is 0 Å². The van der Waals surface area contributed by atoms with Crippen LogP contribution in [-0.4, -0.2) is 27.0 Å². The van der Waals surface area contributed by atoms with Gasteiger partial charge in [0.25, 0.3) is 0 Å². The van der Waals surface area contributed by atoms with Crippen molar-refractivity contribution >= 4 is 25.1 Å². The molecule has 0 saturated heterocycles. The first-order valence-corrected chi connectivity index (χ1v) is 13.8. The minimum absolute atomic E-state index is 0.0167. The molecule has 2 atom stereocenters. The van der Waals surface area contributed by atoms with Crippen LogP contribution in [0.3, 0.4) is 0 Å². The second kappa shape index (κ2) is 9.57. The second-order valence-electron chi connectivity index (χ2n) is 10.1. The highest BCUT2D eigenvalue weighted by atomic mass is 28.4. The number of hydrogen-bond donors (Lipinski definition) is 0. The summed E-state index contributed by atoms with van der Waals surface area (Å²) in [5.74, 6) is 0.307. The molecule has 2 rings (SSSR count). The number of methoxy groups -OCH3 is 1. The zero-order valence-corrected chi connectivity index (χ0v) is 21.4. The number of hydrogen-bond acceptors (Lipinski definition) is 4. The molecule has 0 heterocycles. The van der Waals surface area contributed by atoms with Gasteiger partial charge in [-0.1, -0.05) is 69.8 Å². The standard InChI is InChI=1S/C26H38O4Si/c1-19(28-7)17-26(6,30-31(8,9)25(3,4)5)18-24(27)29-20(2)22-16-12-14-21-13-10-11-15-23(21)22/h10-16,20H,1,17-18H2,2-9H3/t20-,26-/m1/s1. The van der Waals surface area contributed by atoms with E-state index in [0.29, 0.717) is 12.2 Å². The number of carbonyl (C=O) groups excluding carboxylic acids is 1. The lowest BCUT2D eigenvalue weighted by molar-refractivity contribution is -0.153. The Morgan fingerprint density at radius 1 is 1.03 bits per heavy atom. The molecule has 2 aromatic carbocycles. The molecule has 0 fully saturated rings. The molecular weight excluding hydrogens is 404 g/mol. The number of fused-ring (bicyclic) bond motifs is 1. The topological polar surface area (TPSA) is 44.8 Å². The highest BCUT2D eigenvalue weighted by Gasteiger charge is 2.44. The van der Waals surface area contributed by atoms with E-state index in [1.165, 1.54) is 0 Å². The first-order chi connectivity index (χ1) is 14.3. The van der Waals surface area contributed by atoms with Crippen molar-refractivity contribution in [2.45, 2.75) is 77.3 Å². The number of ether oxygens (including phenoxy) is 2. The van der Waals surface area contributed by atoms with Crippen molar-refractivity contribution in [2.75, 3.05) is 7.11 Å². The van der Waals surface area contributed by atoms with Gasteiger partial charge in [0.1, 0.15) is 6.10 Å². The molecule has 0 unspecified atom stereocenters. The minimum Gasteiger partial charge on any atom is -0.502 e. The van der Waals surface area contributed by atoms with E-state index in [9.17, 15) is 4.79 Å². The summed E-state index contributed by atoms with van der Waals surface area (Å²) in [6, 6.07) is 14.2. The molecule has 0 N–H and O–H groups in total. The van der Waals surface area contributed by atoms with Crippen LogP contribution in [0.15, 0.2) is 54.8 Å². The number of carbonyl (C=O) groups is 1. The molecule has 0 spiro atoms. The maximum atomic E-state index is 13.0. The monoisotopic (exact) mass is 442 g/mol. The fourth-order valence-corrected chi connectivity index (χ4v) is 5.29. The van der Waals surface area contributed by atoms with Gasteiger partial charge in [0.15, 0.2) is 8.32 Å². The molecule has 0 aliphatic heterocycles. The van der Waals surface area contributed by atoms with Crippen LogP contribution in [0.4, 0.5) is 0 Å². The molecule has 0 radical (unpaired) electrons. The van der Waals surface area contributed by atoms with Crippen molar-refractivity contribution in [3.05, 3.63) is 60.4 Å². The van der Waals surface area contributed by atoms with Gasteiger partial charge < -0.3 is 13.9 Å². The third kappa shape index (κ3) is 6.44. The largest absolute Gasteiger partial charge is 0.502 e. The third-order valence-corrected chi connectivity index (χ3v) is 10.9. The van der Waals surface area contributed by atoms with Gasteiger partial charge in [0.05, 0.1) is 24.9 Å². The van der Waals surface area contributed by atoms with Crippen LogP contribution >= 0.6 is 0 Å². The Balaban J connectivity index is 2.21.